The summed E-state index contributed by atoms with van der Waals surface area (Å²) in [4.78, 5) is 0. The second-order valence-corrected chi connectivity index (χ2v) is 4.37. The van der Waals surface area contributed by atoms with Crippen molar-refractivity contribution < 1.29 is 8.78 Å². The van der Waals surface area contributed by atoms with Crippen LogP contribution in [0.3, 0.4) is 0 Å². The van der Waals surface area contributed by atoms with Gasteiger partial charge in [-0.3, -0.25) is 0 Å². The van der Waals surface area contributed by atoms with E-state index in [0.717, 1.165) is 6.54 Å². The predicted molar refractivity (Wildman–Crippen MR) is 63.4 cm³/mol. The molecule has 1 atom stereocenters. The maximum Gasteiger partial charge on any atom is 0.133 e. The lowest BCUT2D eigenvalue weighted by molar-refractivity contribution is -0.453. The average molecular weight is 218 g/mol. The summed E-state index contributed by atoms with van der Waals surface area (Å²) in [5.74, 6) is 3.38. The van der Waals surface area contributed by atoms with Crippen molar-refractivity contribution >= 4 is 23.1 Å². The minimum atomic E-state index is -0.914. The molecule has 15 heavy (non-hydrogen) atoms. The van der Waals surface area contributed by atoms with Crippen LogP contribution in [0, 0.1) is 11.6 Å². The fraction of sp³-hybridized carbons (Fsp3) is 0.0833. The van der Waals surface area contributed by atoms with Crippen LogP contribution in [0.4, 0.5) is 0 Å². The maximum absolute atomic E-state index is 11.0. The van der Waals surface area contributed by atoms with E-state index >= 15 is 0 Å². The van der Waals surface area contributed by atoms with Crippen LogP contribution in [0.25, 0.3) is 6.08 Å². The summed E-state index contributed by atoms with van der Waals surface area (Å²) < 4.78 is 12.9. The Morgan fingerprint density at radius 1 is 1.33 bits per heavy atom. The van der Waals surface area contributed by atoms with Gasteiger partial charge in [-0.25, -0.2) is 0 Å². The topological polar surface area (TPSA) is 20.1 Å². The molecule has 1 aromatic rings. The summed E-state index contributed by atoms with van der Waals surface area (Å²) in [6.07, 6.45) is 5.95. The first-order valence-electron chi connectivity index (χ1n) is 4.74. The van der Waals surface area contributed by atoms with E-state index in [-0.39, 0.29) is 0 Å². The van der Waals surface area contributed by atoms with Crippen molar-refractivity contribution in [2.75, 3.05) is 6.54 Å². The Kier molecular flexibility index (Phi) is 3.25. The first-order chi connectivity index (χ1) is 7.34. The first-order valence-corrected chi connectivity index (χ1v) is 6.02. The van der Waals surface area contributed by atoms with Crippen molar-refractivity contribution in [2.24, 2.45) is 0 Å². The van der Waals surface area contributed by atoms with Gasteiger partial charge >= 0.3 is 0 Å². The van der Waals surface area contributed by atoms with Gasteiger partial charge in [-0.05, 0) is 11.6 Å². The highest BCUT2D eigenvalue weighted by atomic mass is 32.2. The summed E-state index contributed by atoms with van der Waals surface area (Å²) in [6, 6.07) is 10.1. The molecular formula is C12H12NOS-. The lowest BCUT2D eigenvalue weighted by atomic mass is 10.2. The van der Waals surface area contributed by atoms with Crippen molar-refractivity contribution in [3.8, 4) is 0 Å². The molecule has 78 valence electrons. The smallest absolute Gasteiger partial charge is 0.133 e. The van der Waals surface area contributed by atoms with Crippen molar-refractivity contribution in [3.05, 3.63) is 53.6 Å². The molecule has 1 aliphatic rings. The molecule has 3 heteroatoms. The molecule has 0 aliphatic carbocycles. The molecule has 0 spiro atoms. The molecule has 2 rings (SSSR count). The molecule has 0 fully saturated rings. The average Bonchev–Trinajstić information content (AvgIpc) is 2.66. The fourth-order valence-electron chi connectivity index (χ4n) is 1.32. The number of hydrogen-bond donors (Lipinski definition) is 0. The monoisotopic (exact) mass is 218 g/mol. The summed E-state index contributed by atoms with van der Waals surface area (Å²) in [7, 11) is -0.914. The zero-order valence-electron chi connectivity index (χ0n) is 8.24. The quantitative estimate of drug-likeness (QED) is 0.560. The van der Waals surface area contributed by atoms with Crippen LogP contribution < -0.4 is 0 Å². The number of hydrogen-bond acceptors (Lipinski definition) is 1. The van der Waals surface area contributed by atoms with E-state index in [1.165, 1.54) is 5.56 Å². The van der Waals surface area contributed by atoms with Gasteiger partial charge in [-0.15, -0.1) is 17.0 Å². The van der Waals surface area contributed by atoms with Gasteiger partial charge in [0.2, 0.25) is 0 Å². The fourth-order valence-corrected chi connectivity index (χ4v) is 2.09. The van der Waals surface area contributed by atoms with Gasteiger partial charge in [-0.2, -0.15) is 0 Å². The van der Waals surface area contributed by atoms with Gasteiger partial charge in [0.25, 0.3) is 0 Å². The standard InChI is InChI=1S/C12H12NOS/c14-15-10-9-13(11-15)8-4-7-12-5-2-1-3-6-12/h1-7,9-11H,8H2/q-1. The third-order valence-corrected chi connectivity index (χ3v) is 2.92. The van der Waals surface area contributed by atoms with Gasteiger partial charge in [0.1, 0.15) is 6.54 Å². The molecule has 0 saturated carbocycles. The van der Waals surface area contributed by atoms with Gasteiger partial charge in [-0.1, -0.05) is 36.4 Å². The van der Waals surface area contributed by atoms with Gasteiger partial charge in [0.15, 0.2) is 0 Å². The number of benzene rings is 1. The minimum absolute atomic E-state index is 0.761. The zero-order valence-corrected chi connectivity index (χ0v) is 9.06. The minimum Gasteiger partial charge on any atom is -0.383 e. The lowest BCUT2D eigenvalue weighted by Gasteiger charge is -2.02. The molecule has 0 amide bonds. The summed E-state index contributed by atoms with van der Waals surface area (Å²) in [5, 5.41) is 0. The largest absolute Gasteiger partial charge is 0.383 e. The highest BCUT2D eigenvalue weighted by Gasteiger charge is 1.97. The molecule has 0 saturated heterocycles. The Morgan fingerprint density at radius 3 is 2.80 bits per heavy atom. The van der Waals surface area contributed by atoms with E-state index in [9.17, 15) is 4.21 Å². The molecular weight excluding hydrogens is 206 g/mol. The van der Waals surface area contributed by atoms with Gasteiger partial charge in [0, 0.05) is 0 Å². The second kappa shape index (κ2) is 4.84. The first kappa shape index (κ1) is 10.1. The van der Waals surface area contributed by atoms with E-state index in [0.29, 0.717) is 0 Å². The Balaban J connectivity index is 1.88. The Morgan fingerprint density at radius 2 is 2.13 bits per heavy atom. The van der Waals surface area contributed by atoms with Crippen molar-refractivity contribution in [2.45, 2.75) is 0 Å². The molecule has 0 bridgehead atoms. The third-order valence-electron chi connectivity index (χ3n) is 2.05. The Bertz CT molecular complexity index is 409. The SMILES string of the molecule is O=S1[CH-]C=[N+](CC=Cc2ccccc2)[CH-]1. The number of nitrogens with zero attached hydrogens (tertiary/aromatic N) is 1. The Labute approximate surface area is 92.4 Å². The third kappa shape index (κ3) is 2.99. The van der Waals surface area contributed by atoms with Crippen LogP contribution in [0.1, 0.15) is 5.56 Å². The highest BCUT2D eigenvalue weighted by Crippen LogP contribution is 2.04. The van der Waals surface area contributed by atoms with Crippen LogP contribution in [0.2, 0.25) is 0 Å². The van der Waals surface area contributed by atoms with E-state index in [1.807, 2.05) is 29.0 Å². The normalized spacial score (nSPS) is 19.7. The molecule has 0 N–H and O–H groups in total. The lowest BCUT2D eigenvalue weighted by Crippen LogP contribution is -2.04. The van der Waals surface area contributed by atoms with Crippen LogP contribution in [0.5, 0.6) is 0 Å². The molecule has 0 radical (unpaired) electrons. The van der Waals surface area contributed by atoms with Crippen LogP contribution in [-0.4, -0.2) is 21.5 Å². The van der Waals surface area contributed by atoms with E-state index in [2.05, 4.69) is 24.3 Å². The molecule has 1 heterocycles. The van der Waals surface area contributed by atoms with Crippen molar-refractivity contribution in [1.29, 1.82) is 0 Å². The van der Waals surface area contributed by atoms with E-state index in [1.54, 1.807) is 11.6 Å². The molecule has 1 unspecified atom stereocenters. The van der Waals surface area contributed by atoms with Gasteiger partial charge < -0.3 is 14.5 Å². The van der Waals surface area contributed by atoms with E-state index < -0.39 is 10.8 Å². The van der Waals surface area contributed by atoms with Crippen molar-refractivity contribution in [1.82, 2.24) is 0 Å². The molecule has 0 aromatic heterocycles. The molecule has 1 aromatic carbocycles. The van der Waals surface area contributed by atoms with Crippen LogP contribution in [-0.2, 0) is 10.8 Å². The van der Waals surface area contributed by atoms with E-state index in [4.69, 9.17) is 0 Å². The zero-order chi connectivity index (χ0) is 10.5. The van der Waals surface area contributed by atoms with Gasteiger partial charge in [0.05, 0.1) is 5.88 Å². The second-order valence-electron chi connectivity index (χ2n) is 3.23. The predicted octanol–water partition coefficient (Wildman–Crippen LogP) is 1.83. The Hall–Kier alpha value is -1.48. The summed E-state index contributed by atoms with van der Waals surface area (Å²) in [5.41, 5.74) is 1.18. The molecule has 2 nitrogen and oxygen atoms in total. The number of rotatable bonds is 3. The van der Waals surface area contributed by atoms with Crippen molar-refractivity contribution in [3.63, 3.8) is 0 Å². The maximum atomic E-state index is 11.0. The molecule has 1 aliphatic heterocycles. The summed E-state index contributed by atoms with van der Waals surface area (Å²) in [6.45, 7) is 0.761. The van der Waals surface area contributed by atoms with Crippen LogP contribution in [0.15, 0.2) is 36.4 Å². The summed E-state index contributed by atoms with van der Waals surface area (Å²) >= 11 is 0. The highest BCUT2D eigenvalue weighted by molar-refractivity contribution is 7.89. The van der Waals surface area contributed by atoms with Crippen LogP contribution >= 0.6 is 0 Å².